The van der Waals surface area contributed by atoms with Gasteiger partial charge in [-0.15, -0.1) is 6.58 Å². The summed E-state index contributed by atoms with van der Waals surface area (Å²) < 4.78 is 77.1. The van der Waals surface area contributed by atoms with Gasteiger partial charge in [0.2, 0.25) is 0 Å². The molecule has 444 valence electrons. The molecule has 9 rings (SSSR count). The largest absolute Gasteiger partial charge is 0.454 e. The molecule has 3 saturated heterocycles. The van der Waals surface area contributed by atoms with Gasteiger partial charge in [-0.2, -0.15) is 0 Å². The van der Waals surface area contributed by atoms with Crippen LogP contribution in [0.25, 0.3) is 0 Å². The monoisotopic (exact) mass is 1160 g/mol. The normalized spacial score (nSPS) is 27.2. The molecule has 18 nitrogen and oxygen atoms in total. The molecule has 0 spiro atoms. The standard InChI is InChI=1S/C67H68O18/c1-6-38-74-65-56(83-62(71)47-32-20-11-21-33-47)54(81-60(69)45-28-16-9-17-29-45)42(4)51(78-65)39-76-67-58(85-64(73)49-36-24-13-25-37-49)55(82-61(70)46-30-18-10-19-31-46)43(5)52(79-67)40-75-66-57(84-63(72)48-34-22-12-23-35-48)53(41(3)50(7-2)77-66)80-59(68)44-26-14-8-15-27-44/h6,8-37,41-43,50-58,65-67H,1,7,38-40H2,2-5H3/t41-,42-,43-,50-,51-,52-,53+,54+,55+,56-,57-,58-,65?,66-,67-/m1/s1. The number of hydrogen-bond acceptors (Lipinski definition) is 18. The minimum atomic E-state index is -1.57. The third kappa shape index (κ3) is 15.3. The lowest BCUT2D eigenvalue weighted by Gasteiger charge is -2.47. The number of carbonyl (C=O) groups excluding carboxylic acids is 6. The van der Waals surface area contributed by atoms with Gasteiger partial charge in [0, 0.05) is 17.8 Å². The Bertz CT molecular complexity index is 3150. The van der Waals surface area contributed by atoms with Crippen molar-refractivity contribution in [1.82, 2.24) is 0 Å². The Hall–Kier alpha value is -8.36. The number of carbonyl (C=O) groups is 6. The summed E-state index contributed by atoms with van der Waals surface area (Å²) in [5, 5.41) is 0. The maximum Gasteiger partial charge on any atom is 0.338 e. The lowest BCUT2D eigenvalue weighted by atomic mass is 9.88. The first-order chi connectivity index (χ1) is 41.3. The Morgan fingerprint density at radius 2 is 0.576 bits per heavy atom. The van der Waals surface area contributed by atoms with Crippen LogP contribution in [0.5, 0.6) is 0 Å². The van der Waals surface area contributed by atoms with Crippen LogP contribution in [0.15, 0.2) is 195 Å². The fraction of sp³-hybridized carbons (Fsp3) is 0.343. The third-order valence-electron chi connectivity index (χ3n) is 15.2. The van der Waals surface area contributed by atoms with Gasteiger partial charge < -0.3 is 56.8 Å². The van der Waals surface area contributed by atoms with E-state index in [-0.39, 0.29) is 53.2 Å². The molecule has 3 aliphatic heterocycles. The van der Waals surface area contributed by atoms with Crippen LogP contribution >= 0.6 is 0 Å². The van der Waals surface area contributed by atoms with Gasteiger partial charge in [0.15, 0.2) is 37.2 Å². The highest BCUT2D eigenvalue weighted by Gasteiger charge is 2.54. The summed E-state index contributed by atoms with van der Waals surface area (Å²) in [6.07, 6.45) is -12.8. The van der Waals surface area contributed by atoms with E-state index in [9.17, 15) is 28.8 Å². The molecule has 0 radical (unpaired) electrons. The van der Waals surface area contributed by atoms with Gasteiger partial charge in [0.25, 0.3) is 0 Å². The molecule has 1 unspecified atom stereocenters. The average Bonchev–Trinajstić information content (AvgIpc) is 2.83. The predicted molar refractivity (Wildman–Crippen MR) is 306 cm³/mol. The number of rotatable bonds is 22. The number of esters is 6. The first kappa shape index (κ1) is 61.2. The highest BCUT2D eigenvalue weighted by molar-refractivity contribution is 5.92. The van der Waals surface area contributed by atoms with Crippen molar-refractivity contribution in [2.75, 3.05) is 19.8 Å². The minimum Gasteiger partial charge on any atom is -0.454 e. The van der Waals surface area contributed by atoms with E-state index in [1.165, 1.54) is 6.08 Å². The fourth-order valence-corrected chi connectivity index (χ4v) is 10.4. The molecule has 85 heavy (non-hydrogen) atoms. The molecule has 3 aliphatic rings. The summed E-state index contributed by atoms with van der Waals surface area (Å²) in [6, 6.07) is 49.7. The van der Waals surface area contributed by atoms with E-state index in [1.807, 2.05) is 13.8 Å². The molecule has 6 aromatic carbocycles. The summed E-state index contributed by atoms with van der Waals surface area (Å²) in [4.78, 5) is 84.1. The maximum absolute atomic E-state index is 14.3. The smallest absolute Gasteiger partial charge is 0.338 e. The van der Waals surface area contributed by atoms with Gasteiger partial charge in [0.05, 0.1) is 71.5 Å². The Labute approximate surface area is 493 Å². The molecule has 0 N–H and O–H groups in total. The quantitative estimate of drug-likeness (QED) is 0.0351. The van der Waals surface area contributed by atoms with Crippen molar-refractivity contribution in [3.63, 3.8) is 0 Å². The lowest BCUT2D eigenvalue weighted by Crippen LogP contribution is -2.61. The summed E-state index contributed by atoms with van der Waals surface area (Å²) in [5.74, 6) is -6.57. The zero-order valence-electron chi connectivity index (χ0n) is 47.4. The van der Waals surface area contributed by atoms with Crippen LogP contribution in [0.3, 0.4) is 0 Å². The molecular formula is C67H68O18. The van der Waals surface area contributed by atoms with E-state index < -0.39 is 127 Å². The summed E-state index contributed by atoms with van der Waals surface area (Å²) >= 11 is 0. The minimum absolute atomic E-state index is 0.0756. The zero-order valence-corrected chi connectivity index (χ0v) is 47.4. The Balaban J connectivity index is 1.05. The first-order valence-electron chi connectivity index (χ1n) is 28.3. The van der Waals surface area contributed by atoms with E-state index in [2.05, 4.69) is 6.58 Å². The number of hydrogen-bond donors (Lipinski definition) is 0. The zero-order chi connectivity index (χ0) is 59.8. The van der Waals surface area contributed by atoms with Crippen LogP contribution in [-0.4, -0.2) is 129 Å². The van der Waals surface area contributed by atoms with Gasteiger partial charge in [-0.25, -0.2) is 28.8 Å². The van der Waals surface area contributed by atoms with Crippen LogP contribution in [0, 0.1) is 17.8 Å². The summed E-state index contributed by atoms with van der Waals surface area (Å²) in [7, 11) is 0. The molecule has 15 atom stereocenters. The van der Waals surface area contributed by atoms with E-state index in [0.717, 1.165) is 0 Å². The first-order valence-corrected chi connectivity index (χ1v) is 28.3. The molecule has 0 amide bonds. The van der Waals surface area contributed by atoms with Gasteiger partial charge in [-0.3, -0.25) is 0 Å². The van der Waals surface area contributed by atoms with Crippen LogP contribution in [0.2, 0.25) is 0 Å². The van der Waals surface area contributed by atoms with Crippen molar-refractivity contribution in [2.24, 2.45) is 17.8 Å². The van der Waals surface area contributed by atoms with E-state index in [1.54, 1.807) is 196 Å². The Morgan fingerprint density at radius 3 is 0.824 bits per heavy atom. The maximum atomic E-state index is 14.3. The molecule has 6 aromatic rings. The number of benzene rings is 6. The molecule has 3 heterocycles. The Kier molecular flexibility index (Phi) is 21.2. The lowest BCUT2D eigenvalue weighted by molar-refractivity contribution is -0.328. The summed E-state index contributed by atoms with van der Waals surface area (Å²) in [5.41, 5.74) is 1.32. The van der Waals surface area contributed by atoms with Gasteiger partial charge in [0.1, 0.15) is 18.3 Å². The van der Waals surface area contributed by atoms with E-state index >= 15 is 0 Å². The van der Waals surface area contributed by atoms with Crippen molar-refractivity contribution < 1.29 is 85.6 Å². The highest BCUT2D eigenvalue weighted by atomic mass is 16.8. The van der Waals surface area contributed by atoms with Crippen LogP contribution in [-0.2, 0) is 56.8 Å². The molecule has 3 fully saturated rings. The van der Waals surface area contributed by atoms with Gasteiger partial charge >= 0.3 is 35.8 Å². The van der Waals surface area contributed by atoms with Crippen molar-refractivity contribution >= 4 is 35.8 Å². The molecule has 0 aromatic heterocycles. The SMILES string of the molecule is C=CCOC1O[C@H](CO[C@@H]2O[C@H](CO[C@@H]3O[C@H](CC)[C@@H](C)[C@H](OC(=O)c4ccccc4)[C@H]3OC(=O)c3ccccc3)[C@@H](C)[C@H](OC(=O)c3ccccc3)[C@H]2OC(=O)c2ccccc2)[C@@H](C)[C@H](OC(=O)c2ccccc2)[C@H]1OC(=O)c1ccccc1. The predicted octanol–water partition coefficient (Wildman–Crippen LogP) is 10.1. The number of ether oxygens (including phenoxy) is 12. The Morgan fingerprint density at radius 1 is 0.353 bits per heavy atom. The third-order valence-corrected chi connectivity index (χ3v) is 15.2. The second-order valence-electron chi connectivity index (χ2n) is 20.8. The highest BCUT2D eigenvalue weighted by Crippen LogP contribution is 2.38. The molecular weight excluding hydrogens is 1090 g/mol. The van der Waals surface area contributed by atoms with Crippen molar-refractivity contribution in [1.29, 1.82) is 0 Å². The van der Waals surface area contributed by atoms with Crippen molar-refractivity contribution in [3.05, 3.63) is 228 Å². The van der Waals surface area contributed by atoms with E-state index in [4.69, 9.17) is 56.8 Å². The second-order valence-corrected chi connectivity index (χ2v) is 20.8. The van der Waals surface area contributed by atoms with Crippen LogP contribution in [0.1, 0.15) is 96.3 Å². The average molecular weight is 1160 g/mol. The van der Waals surface area contributed by atoms with Gasteiger partial charge in [-0.1, -0.05) is 143 Å². The van der Waals surface area contributed by atoms with Crippen LogP contribution < -0.4 is 0 Å². The summed E-state index contributed by atoms with van der Waals surface area (Å²) in [6.45, 7) is 10.2. The molecule has 0 bridgehead atoms. The molecule has 0 aliphatic carbocycles. The fourth-order valence-electron chi connectivity index (χ4n) is 10.4. The van der Waals surface area contributed by atoms with Crippen LogP contribution in [0.4, 0.5) is 0 Å². The van der Waals surface area contributed by atoms with Crippen molar-refractivity contribution in [2.45, 2.75) is 108 Å². The van der Waals surface area contributed by atoms with E-state index in [0.29, 0.717) is 6.42 Å². The van der Waals surface area contributed by atoms with Gasteiger partial charge in [-0.05, 0) is 79.2 Å². The second kappa shape index (κ2) is 29.4. The molecule has 0 saturated carbocycles. The van der Waals surface area contributed by atoms with Crippen molar-refractivity contribution in [3.8, 4) is 0 Å². The topological polar surface area (TPSA) is 213 Å². The molecule has 18 heteroatoms.